The van der Waals surface area contributed by atoms with Gasteiger partial charge in [0.05, 0.1) is 17.1 Å². The molecule has 10 aromatic carbocycles. The van der Waals surface area contributed by atoms with E-state index < -0.39 is 0 Å². The third-order valence-electron chi connectivity index (χ3n) is 10.2. The summed E-state index contributed by atoms with van der Waals surface area (Å²) in [6.07, 6.45) is 0. The number of fused-ring (bicyclic) bond motifs is 8. The van der Waals surface area contributed by atoms with Crippen LogP contribution in [0.15, 0.2) is 188 Å². The van der Waals surface area contributed by atoms with Crippen molar-refractivity contribution in [1.29, 1.82) is 0 Å². The predicted molar refractivity (Wildman–Crippen MR) is 212 cm³/mol. The van der Waals surface area contributed by atoms with Gasteiger partial charge in [0.25, 0.3) is 0 Å². The Morgan fingerprint density at radius 1 is 0.265 bits per heavy atom. The molecular weight excluding hydrogens is 591 g/mol. The fraction of sp³-hybridized carbons (Fsp3) is 0. The van der Waals surface area contributed by atoms with Gasteiger partial charge in [-0.05, 0) is 89.9 Å². The van der Waals surface area contributed by atoms with Crippen LogP contribution < -0.4 is 4.90 Å². The number of anilines is 3. The zero-order valence-corrected chi connectivity index (χ0v) is 26.8. The van der Waals surface area contributed by atoms with Gasteiger partial charge in [-0.2, -0.15) is 0 Å². The molecule has 1 nitrogen and oxygen atoms in total. The monoisotopic (exact) mass is 621 g/mol. The van der Waals surface area contributed by atoms with Crippen LogP contribution in [-0.2, 0) is 0 Å². The molecular formula is C48H31N. The second-order valence-corrected chi connectivity index (χ2v) is 12.9. The summed E-state index contributed by atoms with van der Waals surface area (Å²) in [4.78, 5) is 2.50. The SMILES string of the molecule is c1ccc2cc(-c3cc4cc(N(c5cccc6ccccc56)c5cccc6ccccc56)c5ccccc5c4c4ccccc34)ccc2c1. The summed E-state index contributed by atoms with van der Waals surface area (Å²) in [5.41, 5.74) is 5.96. The van der Waals surface area contributed by atoms with Gasteiger partial charge in [-0.25, -0.2) is 0 Å². The number of hydrogen-bond donors (Lipinski definition) is 0. The van der Waals surface area contributed by atoms with Gasteiger partial charge in [0.1, 0.15) is 0 Å². The van der Waals surface area contributed by atoms with Crippen LogP contribution >= 0.6 is 0 Å². The van der Waals surface area contributed by atoms with E-state index in [-0.39, 0.29) is 0 Å². The van der Waals surface area contributed by atoms with Crippen LogP contribution in [0.1, 0.15) is 0 Å². The average molecular weight is 622 g/mol. The summed E-state index contributed by atoms with van der Waals surface area (Å²) in [6.45, 7) is 0. The lowest BCUT2D eigenvalue weighted by molar-refractivity contribution is 1.33. The highest BCUT2D eigenvalue weighted by atomic mass is 15.1. The van der Waals surface area contributed by atoms with Gasteiger partial charge in [-0.15, -0.1) is 0 Å². The Kier molecular flexibility index (Phi) is 6.25. The van der Waals surface area contributed by atoms with Crippen LogP contribution in [0.3, 0.4) is 0 Å². The minimum absolute atomic E-state index is 1.16. The molecule has 0 N–H and O–H groups in total. The first-order valence-electron chi connectivity index (χ1n) is 16.9. The Morgan fingerprint density at radius 2 is 0.755 bits per heavy atom. The van der Waals surface area contributed by atoms with Gasteiger partial charge in [-0.1, -0.05) is 158 Å². The summed E-state index contributed by atoms with van der Waals surface area (Å²) in [5.74, 6) is 0. The molecule has 10 aromatic rings. The first kappa shape index (κ1) is 27.7. The van der Waals surface area contributed by atoms with Crippen LogP contribution in [0.5, 0.6) is 0 Å². The first-order chi connectivity index (χ1) is 24.3. The molecule has 0 saturated heterocycles. The molecule has 0 aliphatic heterocycles. The van der Waals surface area contributed by atoms with Gasteiger partial charge in [0, 0.05) is 16.2 Å². The van der Waals surface area contributed by atoms with Crippen molar-refractivity contribution in [3.63, 3.8) is 0 Å². The van der Waals surface area contributed by atoms with Crippen molar-refractivity contribution in [3.8, 4) is 11.1 Å². The first-order valence-corrected chi connectivity index (χ1v) is 16.9. The van der Waals surface area contributed by atoms with Crippen LogP contribution in [0.4, 0.5) is 17.1 Å². The van der Waals surface area contributed by atoms with E-state index >= 15 is 0 Å². The van der Waals surface area contributed by atoms with Crippen molar-refractivity contribution in [2.45, 2.75) is 0 Å². The molecule has 0 amide bonds. The van der Waals surface area contributed by atoms with Crippen LogP contribution in [0.2, 0.25) is 0 Å². The molecule has 0 spiro atoms. The summed E-state index contributed by atoms with van der Waals surface area (Å²) in [7, 11) is 0. The minimum Gasteiger partial charge on any atom is -0.309 e. The van der Waals surface area contributed by atoms with E-state index in [1.165, 1.54) is 75.8 Å². The molecule has 10 rings (SSSR count). The molecule has 1 heteroatoms. The normalized spacial score (nSPS) is 11.7. The third-order valence-corrected chi connectivity index (χ3v) is 10.2. The Morgan fingerprint density at radius 3 is 1.41 bits per heavy atom. The zero-order valence-electron chi connectivity index (χ0n) is 26.8. The quantitative estimate of drug-likeness (QED) is 0.177. The van der Waals surface area contributed by atoms with Gasteiger partial charge in [0.15, 0.2) is 0 Å². The van der Waals surface area contributed by atoms with E-state index in [9.17, 15) is 0 Å². The lowest BCUT2D eigenvalue weighted by atomic mass is 9.89. The second-order valence-electron chi connectivity index (χ2n) is 12.9. The molecule has 0 aliphatic carbocycles. The summed E-state index contributed by atoms with van der Waals surface area (Å²) < 4.78 is 0. The number of hydrogen-bond acceptors (Lipinski definition) is 1. The maximum Gasteiger partial charge on any atom is 0.0546 e. The van der Waals surface area contributed by atoms with Crippen molar-refractivity contribution in [3.05, 3.63) is 188 Å². The molecule has 0 aliphatic rings. The summed E-state index contributed by atoms with van der Waals surface area (Å²) in [6, 6.07) is 69.0. The fourth-order valence-corrected chi connectivity index (χ4v) is 7.94. The van der Waals surface area contributed by atoms with E-state index in [1.807, 2.05) is 0 Å². The minimum atomic E-state index is 1.16. The molecule has 0 unspecified atom stereocenters. The Balaban J connectivity index is 1.35. The summed E-state index contributed by atoms with van der Waals surface area (Å²) >= 11 is 0. The standard InChI is InChI=1S/C48H31N/c1-2-16-35-29-36(28-27-32(35)13-1)44-30-37-31-47(41-22-8-10-24-43(41)48(37)42-23-9-7-21-40(42)44)49(45-25-11-17-33-14-3-5-19-38(33)45)46-26-12-18-34-15-4-6-20-39(34)46/h1-31H. The van der Waals surface area contributed by atoms with Crippen LogP contribution in [-0.4, -0.2) is 0 Å². The van der Waals surface area contributed by atoms with Crippen LogP contribution in [0.25, 0.3) is 75.8 Å². The van der Waals surface area contributed by atoms with Gasteiger partial charge >= 0.3 is 0 Å². The second kappa shape index (κ2) is 11.1. The third kappa shape index (κ3) is 4.40. The van der Waals surface area contributed by atoms with Crippen molar-refractivity contribution < 1.29 is 0 Å². The highest BCUT2D eigenvalue weighted by Crippen LogP contribution is 2.48. The van der Waals surface area contributed by atoms with Crippen LogP contribution in [0, 0.1) is 0 Å². The van der Waals surface area contributed by atoms with E-state index in [1.54, 1.807) is 0 Å². The van der Waals surface area contributed by atoms with E-state index in [0.717, 1.165) is 17.1 Å². The Hall–Kier alpha value is -6.44. The van der Waals surface area contributed by atoms with Crippen molar-refractivity contribution in [1.82, 2.24) is 0 Å². The van der Waals surface area contributed by atoms with E-state index in [0.29, 0.717) is 0 Å². The molecule has 228 valence electrons. The summed E-state index contributed by atoms with van der Waals surface area (Å²) in [5, 5.41) is 14.9. The molecule has 0 saturated carbocycles. The van der Waals surface area contributed by atoms with Gasteiger partial charge < -0.3 is 4.90 Å². The molecule has 0 atom stereocenters. The molecule has 0 aromatic heterocycles. The number of rotatable bonds is 4. The molecule has 0 fully saturated rings. The van der Waals surface area contributed by atoms with E-state index in [4.69, 9.17) is 0 Å². The maximum absolute atomic E-state index is 2.50. The fourth-order valence-electron chi connectivity index (χ4n) is 7.94. The average Bonchev–Trinajstić information content (AvgIpc) is 3.17. The molecule has 0 radical (unpaired) electrons. The highest BCUT2D eigenvalue weighted by Gasteiger charge is 2.22. The smallest absolute Gasteiger partial charge is 0.0546 e. The molecule has 49 heavy (non-hydrogen) atoms. The molecule has 0 bridgehead atoms. The number of nitrogens with zero attached hydrogens (tertiary/aromatic N) is 1. The van der Waals surface area contributed by atoms with Crippen molar-refractivity contribution in [2.24, 2.45) is 0 Å². The lowest BCUT2D eigenvalue weighted by Gasteiger charge is -2.30. The topological polar surface area (TPSA) is 3.24 Å². The Bertz CT molecular complexity index is 2810. The largest absolute Gasteiger partial charge is 0.309 e. The zero-order chi connectivity index (χ0) is 32.3. The number of benzene rings is 10. The van der Waals surface area contributed by atoms with Crippen molar-refractivity contribution >= 4 is 81.7 Å². The predicted octanol–water partition coefficient (Wildman–Crippen LogP) is 13.7. The van der Waals surface area contributed by atoms with E-state index in [2.05, 4.69) is 193 Å². The van der Waals surface area contributed by atoms with Gasteiger partial charge in [-0.3, -0.25) is 0 Å². The lowest BCUT2D eigenvalue weighted by Crippen LogP contribution is -2.12. The Labute approximate surface area is 284 Å². The van der Waals surface area contributed by atoms with Crippen molar-refractivity contribution in [2.75, 3.05) is 4.90 Å². The molecule has 0 heterocycles. The highest BCUT2D eigenvalue weighted by molar-refractivity contribution is 6.26. The maximum atomic E-state index is 2.50. The van der Waals surface area contributed by atoms with Gasteiger partial charge in [0.2, 0.25) is 0 Å².